The molecule has 0 saturated carbocycles. The molecule has 9 heteroatoms. The van der Waals surface area contributed by atoms with Gasteiger partial charge in [-0.05, 0) is 18.2 Å². The topological polar surface area (TPSA) is 89.2 Å². The molecule has 0 radical (unpaired) electrons. The number of ether oxygens (including phenoxy) is 1. The van der Waals surface area contributed by atoms with E-state index in [-0.39, 0.29) is 12.0 Å². The van der Waals surface area contributed by atoms with Crippen molar-refractivity contribution in [1.29, 1.82) is 0 Å². The lowest BCUT2D eigenvalue weighted by molar-refractivity contribution is 0.440. The van der Waals surface area contributed by atoms with Crippen molar-refractivity contribution in [1.82, 2.24) is 15.0 Å². The average molecular weight is 360 g/mol. The lowest BCUT2D eigenvalue weighted by Crippen LogP contribution is -2.17. The van der Waals surface area contributed by atoms with E-state index >= 15 is 0 Å². The van der Waals surface area contributed by atoms with Gasteiger partial charge in [-0.2, -0.15) is 15.0 Å². The molecule has 1 aromatic heterocycles. The Balaban J connectivity index is 2.34. The third kappa shape index (κ3) is 3.47. The number of rotatable bonds is 4. The molecule has 0 fully saturated rings. The lowest BCUT2D eigenvalue weighted by atomic mass is 10.3. The summed E-state index contributed by atoms with van der Waals surface area (Å²) in [7, 11) is 3.60. The number of nitrogens with zero attached hydrogens (tertiary/aromatic N) is 4. The number of hydrogen-bond donors (Lipinski definition) is 2. The Labute approximate surface area is 129 Å². The summed E-state index contributed by atoms with van der Waals surface area (Å²) in [6.45, 7) is 0. The minimum absolute atomic E-state index is 0.0980. The summed E-state index contributed by atoms with van der Waals surface area (Å²) in [6, 6.07) is 5.33. The predicted octanol–water partition coefficient (Wildman–Crippen LogP) is 2.43. The lowest BCUT2D eigenvalue weighted by Gasteiger charge is -2.13. The minimum atomic E-state index is 0.0980. The van der Waals surface area contributed by atoms with Gasteiger partial charge >= 0.3 is 6.01 Å². The van der Waals surface area contributed by atoms with Crippen molar-refractivity contribution >= 4 is 39.4 Å². The van der Waals surface area contributed by atoms with Crippen LogP contribution in [0.25, 0.3) is 0 Å². The first kappa shape index (κ1) is 14.8. The Bertz CT molecular complexity index is 624. The van der Waals surface area contributed by atoms with Gasteiger partial charge in [0.1, 0.15) is 5.75 Å². The van der Waals surface area contributed by atoms with Gasteiger partial charge < -0.3 is 9.64 Å². The van der Waals surface area contributed by atoms with E-state index in [1.807, 2.05) is 0 Å². The molecule has 106 valence electrons. The Morgan fingerprint density at radius 3 is 2.65 bits per heavy atom. The molecule has 0 aliphatic rings. The molecule has 0 atom stereocenters. The zero-order chi connectivity index (χ0) is 14.7. The summed E-state index contributed by atoms with van der Waals surface area (Å²) in [5.74, 6) is 6.37. The number of hydrazine groups is 1. The van der Waals surface area contributed by atoms with Crippen LogP contribution in [0.15, 0.2) is 22.7 Å². The van der Waals surface area contributed by atoms with Crippen LogP contribution in [0.4, 0.5) is 11.9 Å². The molecule has 0 aliphatic heterocycles. The zero-order valence-electron chi connectivity index (χ0n) is 10.8. The summed E-state index contributed by atoms with van der Waals surface area (Å²) < 4.78 is 6.41. The normalized spacial score (nSPS) is 10.2. The van der Waals surface area contributed by atoms with Crippen LogP contribution in [0.1, 0.15) is 0 Å². The van der Waals surface area contributed by atoms with Crippen molar-refractivity contribution in [2.24, 2.45) is 5.84 Å². The zero-order valence-corrected chi connectivity index (χ0v) is 13.1. The van der Waals surface area contributed by atoms with Crippen LogP contribution in [0, 0.1) is 0 Å². The molecule has 0 unspecified atom stereocenters. The maximum atomic E-state index is 6.08. The van der Waals surface area contributed by atoms with Gasteiger partial charge in [0.2, 0.25) is 11.9 Å². The van der Waals surface area contributed by atoms with Crippen molar-refractivity contribution < 1.29 is 4.74 Å². The molecule has 1 heterocycles. The number of benzene rings is 1. The van der Waals surface area contributed by atoms with E-state index in [4.69, 9.17) is 22.2 Å². The first-order valence-corrected chi connectivity index (χ1v) is 6.69. The van der Waals surface area contributed by atoms with Crippen molar-refractivity contribution in [3.05, 3.63) is 27.7 Å². The van der Waals surface area contributed by atoms with Crippen molar-refractivity contribution in [3.8, 4) is 11.8 Å². The molecule has 20 heavy (non-hydrogen) atoms. The number of aromatic nitrogens is 3. The van der Waals surface area contributed by atoms with Crippen LogP contribution in [-0.2, 0) is 0 Å². The standard InChI is InChI=1S/C11H12BrClN6O/c1-19(2)10-15-9(18-14)16-11(17-10)20-8-4-3-6(12)5-7(8)13/h3-5H,14H2,1-2H3,(H,15,16,17,18). The number of halogens is 2. The van der Waals surface area contributed by atoms with Crippen LogP contribution in [0.2, 0.25) is 5.02 Å². The largest absolute Gasteiger partial charge is 0.423 e. The van der Waals surface area contributed by atoms with Gasteiger partial charge in [-0.1, -0.05) is 27.5 Å². The molecular formula is C11H12BrClN6O. The number of anilines is 2. The van der Waals surface area contributed by atoms with E-state index in [1.165, 1.54) is 0 Å². The van der Waals surface area contributed by atoms with Crippen LogP contribution in [0.5, 0.6) is 11.8 Å². The van der Waals surface area contributed by atoms with Gasteiger partial charge in [0.15, 0.2) is 0 Å². The second-order valence-electron chi connectivity index (χ2n) is 3.96. The molecule has 0 saturated heterocycles. The van der Waals surface area contributed by atoms with Gasteiger partial charge in [0.25, 0.3) is 0 Å². The summed E-state index contributed by atoms with van der Waals surface area (Å²) in [4.78, 5) is 14.0. The van der Waals surface area contributed by atoms with Crippen LogP contribution in [-0.4, -0.2) is 29.0 Å². The first-order valence-electron chi connectivity index (χ1n) is 5.52. The summed E-state index contributed by atoms with van der Waals surface area (Å²) >= 11 is 9.40. The molecule has 3 N–H and O–H groups in total. The molecule has 0 spiro atoms. The average Bonchev–Trinajstić information content (AvgIpc) is 2.41. The molecule has 0 amide bonds. The van der Waals surface area contributed by atoms with Gasteiger partial charge in [-0.3, -0.25) is 5.43 Å². The molecule has 0 bridgehead atoms. The van der Waals surface area contributed by atoms with E-state index in [0.29, 0.717) is 16.7 Å². The number of nitrogens with two attached hydrogens (primary N) is 1. The van der Waals surface area contributed by atoms with Gasteiger partial charge in [-0.15, -0.1) is 0 Å². The number of nitrogens with one attached hydrogen (secondary N) is 1. The number of nitrogen functional groups attached to an aromatic ring is 1. The second kappa shape index (κ2) is 6.21. The molecular weight excluding hydrogens is 348 g/mol. The van der Waals surface area contributed by atoms with Crippen LogP contribution >= 0.6 is 27.5 Å². The first-order chi connectivity index (χ1) is 9.49. The Hall–Kier alpha value is -1.64. The smallest absolute Gasteiger partial charge is 0.328 e. The fourth-order valence-corrected chi connectivity index (χ4v) is 2.02. The summed E-state index contributed by atoms with van der Waals surface area (Å²) in [5.41, 5.74) is 2.36. The van der Waals surface area contributed by atoms with E-state index < -0.39 is 0 Å². The fraction of sp³-hybridized carbons (Fsp3) is 0.182. The Kier molecular flexibility index (Phi) is 4.58. The van der Waals surface area contributed by atoms with Gasteiger partial charge in [0.05, 0.1) is 5.02 Å². The molecule has 7 nitrogen and oxygen atoms in total. The van der Waals surface area contributed by atoms with Crippen molar-refractivity contribution in [3.63, 3.8) is 0 Å². The summed E-state index contributed by atoms with van der Waals surface area (Å²) in [6.07, 6.45) is 0. The fourth-order valence-electron chi connectivity index (χ4n) is 1.31. The molecule has 1 aromatic carbocycles. The maximum absolute atomic E-state index is 6.08. The quantitative estimate of drug-likeness (QED) is 0.640. The Morgan fingerprint density at radius 1 is 1.30 bits per heavy atom. The highest BCUT2D eigenvalue weighted by Gasteiger charge is 2.11. The highest BCUT2D eigenvalue weighted by Crippen LogP contribution is 2.30. The third-order valence-electron chi connectivity index (χ3n) is 2.23. The highest BCUT2D eigenvalue weighted by atomic mass is 79.9. The molecule has 2 aromatic rings. The SMILES string of the molecule is CN(C)c1nc(NN)nc(Oc2ccc(Br)cc2Cl)n1. The van der Waals surface area contributed by atoms with E-state index in [9.17, 15) is 0 Å². The molecule has 2 rings (SSSR count). The van der Waals surface area contributed by atoms with Crippen LogP contribution in [0.3, 0.4) is 0 Å². The third-order valence-corrected chi connectivity index (χ3v) is 3.02. The van der Waals surface area contributed by atoms with Gasteiger partial charge in [-0.25, -0.2) is 5.84 Å². The minimum Gasteiger partial charge on any atom is -0.423 e. The Morgan fingerprint density at radius 2 is 2.05 bits per heavy atom. The van der Waals surface area contributed by atoms with Crippen LogP contribution < -0.4 is 20.9 Å². The highest BCUT2D eigenvalue weighted by molar-refractivity contribution is 9.10. The van der Waals surface area contributed by atoms with E-state index in [1.54, 1.807) is 37.2 Å². The van der Waals surface area contributed by atoms with Crippen molar-refractivity contribution in [2.45, 2.75) is 0 Å². The van der Waals surface area contributed by atoms with Gasteiger partial charge in [0, 0.05) is 18.6 Å². The second-order valence-corrected chi connectivity index (χ2v) is 5.28. The monoisotopic (exact) mass is 358 g/mol. The maximum Gasteiger partial charge on any atom is 0.328 e. The van der Waals surface area contributed by atoms with E-state index in [0.717, 1.165) is 4.47 Å². The number of hydrogen-bond acceptors (Lipinski definition) is 7. The predicted molar refractivity (Wildman–Crippen MR) is 81.2 cm³/mol. The molecule has 0 aliphatic carbocycles. The van der Waals surface area contributed by atoms with E-state index in [2.05, 4.69) is 36.3 Å². The summed E-state index contributed by atoms with van der Waals surface area (Å²) in [5, 5.41) is 0.438. The van der Waals surface area contributed by atoms with Crippen molar-refractivity contribution in [2.75, 3.05) is 24.4 Å².